The van der Waals surface area contributed by atoms with Gasteiger partial charge in [0.2, 0.25) is 0 Å². The molecule has 4 rings (SSSR count). The lowest BCUT2D eigenvalue weighted by Crippen LogP contribution is -2.16. The van der Waals surface area contributed by atoms with E-state index < -0.39 is 0 Å². The van der Waals surface area contributed by atoms with E-state index in [1.165, 1.54) is 6.33 Å². The molecule has 0 amide bonds. The molecular weight excluding hydrogens is 306 g/mol. The molecule has 24 heavy (non-hydrogen) atoms. The molecule has 1 atom stereocenters. The monoisotopic (exact) mass is 325 g/mol. The zero-order valence-electron chi connectivity index (χ0n) is 13.2. The largest absolute Gasteiger partial charge is 0.491 e. The summed E-state index contributed by atoms with van der Waals surface area (Å²) in [6.45, 7) is 2.14. The number of aromatic nitrogens is 4. The van der Waals surface area contributed by atoms with Crippen LogP contribution in [0, 0.1) is 0 Å². The first-order chi connectivity index (χ1) is 11.9. The van der Waals surface area contributed by atoms with Crippen LogP contribution in [0.3, 0.4) is 0 Å². The van der Waals surface area contributed by atoms with Gasteiger partial charge in [-0.05, 0) is 30.5 Å². The maximum absolute atomic E-state index is 5.78. The van der Waals surface area contributed by atoms with Gasteiger partial charge in [-0.2, -0.15) is 0 Å². The Labute approximate surface area is 139 Å². The molecule has 0 bridgehead atoms. The lowest BCUT2D eigenvalue weighted by Gasteiger charge is -2.12. The summed E-state index contributed by atoms with van der Waals surface area (Å²) in [5.74, 6) is 1.61. The van der Waals surface area contributed by atoms with Gasteiger partial charge < -0.3 is 19.8 Å². The fraction of sp³-hybridized carbons (Fsp3) is 0.353. The van der Waals surface area contributed by atoms with E-state index in [0.717, 1.165) is 42.1 Å². The van der Waals surface area contributed by atoms with E-state index >= 15 is 0 Å². The third-order valence-corrected chi connectivity index (χ3v) is 4.07. The molecule has 7 heteroatoms. The Morgan fingerprint density at radius 2 is 2.12 bits per heavy atom. The van der Waals surface area contributed by atoms with Crippen molar-refractivity contribution in [1.29, 1.82) is 0 Å². The average Bonchev–Trinajstić information content (AvgIpc) is 3.30. The Balaban J connectivity index is 1.34. The number of aromatic amines is 1. The van der Waals surface area contributed by atoms with Gasteiger partial charge in [-0.1, -0.05) is 12.1 Å². The highest BCUT2D eigenvalue weighted by atomic mass is 16.5. The third-order valence-electron chi connectivity index (χ3n) is 4.07. The van der Waals surface area contributed by atoms with E-state index in [-0.39, 0.29) is 6.10 Å². The lowest BCUT2D eigenvalue weighted by molar-refractivity contribution is 0.0679. The Morgan fingerprint density at radius 1 is 1.21 bits per heavy atom. The number of rotatable bonds is 6. The molecule has 1 saturated heterocycles. The van der Waals surface area contributed by atoms with Crippen LogP contribution in [0.15, 0.2) is 36.9 Å². The highest BCUT2D eigenvalue weighted by Gasteiger charge is 2.15. The molecule has 7 nitrogen and oxygen atoms in total. The summed E-state index contributed by atoms with van der Waals surface area (Å²) in [4.78, 5) is 15.5. The number of ether oxygens (including phenoxy) is 2. The quantitative estimate of drug-likeness (QED) is 0.724. The topological polar surface area (TPSA) is 85.0 Å². The summed E-state index contributed by atoms with van der Waals surface area (Å²) in [6, 6.07) is 8.06. The van der Waals surface area contributed by atoms with Gasteiger partial charge in [-0.25, -0.2) is 15.0 Å². The minimum Gasteiger partial charge on any atom is -0.491 e. The average molecular weight is 325 g/mol. The van der Waals surface area contributed by atoms with Crippen LogP contribution in [-0.2, 0) is 11.3 Å². The van der Waals surface area contributed by atoms with E-state index in [1.54, 1.807) is 6.33 Å². The molecule has 3 heterocycles. The van der Waals surface area contributed by atoms with Crippen LogP contribution in [0.2, 0.25) is 0 Å². The fourth-order valence-electron chi connectivity index (χ4n) is 2.75. The number of H-pyrrole nitrogens is 1. The molecule has 0 radical (unpaired) electrons. The first-order valence-corrected chi connectivity index (χ1v) is 8.10. The molecule has 3 aromatic rings. The number of fused-ring (bicyclic) bond motifs is 1. The summed E-state index contributed by atoms with van der Waals surface area (Å²) in [6.07, 6.45) is 5.58. The SMILES string of the molecule is c1nc(NCc2ccc(OC[C@@H]3CCCO3)cc2)c2[nH]cnc2n1. The summed E-state index contributed by atoms with van der Waals surface area (Å²) in [7, 11) is 0. The van der Waals surface area contributed by atoms with Crippen LogP contribution < -0.4 is 10.1 Å². The molecule has 0 spiro atoms. The van der Waals surface area contributed by atoms with Crippen molar-refractivity contribution in [3.8, 4) is 5.75 Å². The van der Waals surface area contributed by atoms with Crippen LogP contribution >= 0.6 is 0 Å². The van der Waals surface area contributed by atoms with Crippen molar-refractivity contribution >= 4 is 17.0 Å². The van der Waals surface area contributed by atoms with E-state index in [2.05, 4.69) is 25.3 Å². The van der Waals surface area contributed by atoms with E-state index in [9.17, 15) is 0 Å². The number of hydrogen-bond donors (Lipinski definition) is 2. The Morgan fingerprint density at radius 3 is 2.96 bits per heavy atom. The van der Waals surface area contributed by atoms with Gasteiger partial charge in [0.05, 0.1) is 12.4 Å². The van der Waals surface area contributed by atoms with Gasteiger partial charge in [0.25, 0.3) is 0 Å². The van der Waals surface area contributed by atoms with Gasteiger partial charge in [-0.15, -0.1) is 0 Å². The van der Waals surface area contributed by atoms with Crippen molar-refractivity contribution in [2.45, 2.75) is 25.5 Å². The molecule has 0 aliphatic carbocycles. The van der Waals surface area contributed by atoms with E-state index in [4.69, 9.17) is 9.47 Å². The first kappa shape index (κ1) is 14.9. The number of nitrogens with zero attached hydrogens (tertiary/aromatic N) is 3. The van der Waals surface area contributed by atoms with Gasteiger partial charge in [-0.3, -0.25) is 0 Å². The van der Waals surface area contributed by atoms with Gasteiger partial charge in [0, 0.05) is 13.2 Å². The number of nitrogens with one attached hydrogen (secondary N) is 2. The molecule has 2 aromatic heterocycles. The van der Waals surface area contributed by atoms with E-state index in [1.807, 2.05) is 24.3 Å². The molecule has 1 aliphatic heterocycles. The summed E-state index contributed by atoms with van der Waals surface area (Å²) in [5.41, 5.74) is 2.62. The molecule has 0 unspecified atom stereocenters. The van der Waals surface area contributed by atoms with Crippen LogP contribution in [0.25, 0.3) is 11.2 Å². The van der Waals surface area contributed by atoms with Crippen LogP contribution in [-0.4, -0.2) is 39.3 Å². The number of hydrogen-bond acceptors (Lipinski definition) is 6. The maximum atomic E-state index is 5.78. The van der Waals surface area contributed by atoms with Crippen LogP contribution in [0.4, 0.5) is 5.82 Å². The zero-order chi connectivity index (χ0) is 16.2. The number of imidazole rings is 1. The van der Waals surface area contributed by atoms with Gasteiger partial charge in [0.15, 0.2) is 11.5 Å². The predicted molar refractivity (Wildman–Crippen MR) is 89.9 cm³/mol. The predicted octanol–water partition coefficient (Wildman–Crippen LogP) is 2.52. The smallest absolute Gasteiger partial charge is 0.182 e. The molecule has 124 valence electrons. The van der Waals surface area contributed by atoms with Crippen molar-refractivity contribution in [2.24, 2.45) is 0 Å². The van der Waals surface area contributed by atoms with Crippen molar-refractivity contribution < 1.29 is 9.47 Å². The van der Waals surface area contributed by atoms with Gasteiger partial charge >= 0.3 is 0 Å². The van der Waals surface area contributed by atoms with Crippen molar-refractivity contribution in [2.75, 3.05) is 18.5 Å². The second-order valence-corrected chi connectivity index (χ2v) is 5.77. The maximum Gasteiger partial charge on any atom is 0.182 e. The first-order valence-electron chi connectivity index (χ1n) is 8.10. The molecule has 1 aliphatic rings. The normalized spacial score (nSPS) is 17.2. The Kier molecular flexibility index (Phi) is 4.24. The summed E-state index contributed by atoms with van der Waals surface area (Å²) < 4.78 is 11.3. The third kappa shape index (κ3) is 3.30. The number of benzene rings is 1. The second-order valence-electron chi connectivity index (χ2n) is 5.77. The highest BCUT2D eigenvalue weighted by Crippen LogP contribution is 2.18. The summed E-state index contributed by atoms with van der Waals surface area (Å²) in [5, 5.41) is 3.30. The molecule has 1 aromatic carbocycles. The van der Waals surface area contributed by atoms with Crippen molar-refractivity contribution in [1.82, 2.24) is 19.9 Å². The van der Waals surface area contributed by atoms with Crippen LogP contribution in [0.5, 0.6) is 5.75 Å². The van der Waals surface area contributed by atoms with E-state index in [0.29, 0.717) is 18.8 Å². The van der Waals surface area contributed by atoms with Crippen LogP contribution in [0.1, 0.15) is 18.4 Å². The summed E-state index contributed by atoms with van der Waals surface area (Å²) >= 11 is 0. The minimum atomic E-state index is 0.237. The Bertz CT molecular complexity index is 796. The Hall–Kier alpha value is -2.67. The molecular formula is C17H19N5O2. The van der Waals surface area contributed by atoms with Crippen molar-refractivity contribution in [3.63, 3.8) is 0 Å². The molecule has 0 saturated carbocycles. The number of anilines is 1. The fourth-order valence-corrected chi connectivity index (χ4v) is 2.75. The van der Waals surface area contributed by atoms with Gasteiger partial charge in [0.1, 0.15) is 24.2 Å². The highest BCUT2D eigenvalue weighted by molar-refractivity contribution is 5.81. The minimum absolute atomic E-state index is 0.237. The second kappa shape index (κ2) is 6.84. The lowest BCUT2D eigenvalue weighted by atomic mass is 10.2. The van der Waals surface area contributed by atoms with Crippen molar-refractivity contribution in [3.05, 3.63) is 42.5 Å². The standard InChI is InChI=1S/C17H19N5O2/c1-2-14(23-7-1)9-24-13-5-3-12(4-6-13)8-18-16-15-17(20-10-19-15)22-11-21-16/h3-6,10-11,14H,1-2,7-9H2,(H2,18,19,20,21,22)/t14-/m0/s1. The zero-order valence-corrected chi connectivity index (χ0v) is 13.2. The molecule has 2 N–H and O–H groups in total. The molecule has 1 fully saturated rings.